The number of nitrogens with two attached hydrogens (primary N) is 1. The number of nitrogens with zero attached hydrogens (tertiary/aromatic N) is 1. The van der Waals surface area contributed by atoms with Gasteiger partial charge in [-0.25, -0.2) is 4.85 Å². The van der Waals surface area contributed by atoms with Gasteiger partial charge in [0.15, 0.2) is 0 Å². The van der Waals surface area contributed by atoms with Crippen LogP contribution in [0.15, 0.2) is 12.3 Å². The fourth-order valence-electron chi connectivity index (χ4n) is 0.0551. The van der Waals surface area contributed by atoms with Gasteiger partial charge in [0.2, 0.25) is 11.6 Å². The van der Waals surface area contributed by atoms with Gasteiger partial charge < -0.3 is 5.73 Å². The Labute approximate surface area is 41.2 Å². The predicted octanol–water partition coefficient (Wildman–Crippen LogP) is -0.0953. The number of carbonyl (C=O) groups excluding carboxylic acids is 1. The van der Waals surface area contributed by atoms with Crippen molar-refractivity contribution in [3.63, 3.8) is 0 Å². The van der Waals surface area contributed by atoms with Gasteiger partial charge in [-0.2, -0.15) is 0 Å². The molecule has 0 aliphatic carbocycles. The van der Waals surface area contributed by atoms with Gasteiger partial charge in [0, 0.05) is 0 Å². The van der Waals surface area contributed by atoms with Crippen molar-refractivity contribution < 1.29 is 4.79 Å². The van der Waals surface area contributed by atoms with Crippen molar-refractivity contribution >= 4 is 5.91 Å². The van der Waals surface area contributed by atoms with Crippen LogP contribution in [-0.2, 0) is 4.79 Å². The van der Waals surface area contributed by atoms with Gasteiger partial charge in [0.05, 0.1) is 6.57 Å². The van der Waals surface area contributed by atoms with Crippen LogP contribution in [0.2, 0.25) is 0 Å². The van der Waals surface area contributed by atoms with Gasteiger partial charge in [-0.3, -0.25) is 4.79 Å². The maximum atomic E-state index is 9.84. The average Bonchev–Trinajstić information content (AvgIpc) is 1.65. The number of rotatable bonds is 1. The third-order valence-electron chi connectivity index (χ3n) is 0.419. The molecule has 0 aromatic rings. The van der Waals surface area contributed by atoms with Crippen molar-refractivity contribution in [1.82, 2.24) is 0 Å². The Morgan fingerprint density at radius 3 is 2.29 bits per heavy atom. The first-order chi connectivity index (χ1) is 3.18. The molecular formula is C4H4N2O. The van der Waals surface area contributed by atoms with E-state index in [9.17, 15) is 4.79 Å². The molecule has 2 N–H and O–H groups in total. The number of carbonyl (C=O) groups is 1. The molecule has 0 saturated carbocycles. The highest BCUT2D eigenvalue weighted by Crippen LogP contribution is 1.84. The molecule has 0 aromatic heterocycles. The molecule has 36 valence electrons. The van der Waals surface area contributed by atoms with Gasteiger partial charge in [-0.1, -0.05) is 6.58 Å². The van der Waals surface area contributed by atoms with Crippen LogP contribution >= 0.6 is 0 Å². The fourth-order valence-corrected chi connectivity index (χ4v) is 0.0551. The lowest BCUT2D eigenvalue weighted by molar-refractivity contribution is -0.114. The standard InChI is InChI=1S/C4H4N2O/c1-3(6-2)4(5)7/h1H2,(H2,5,7). The van der Waals surface area contributed by atoms with Crippen LogP contribution in [0.1, 0.15) is 0 Å². The largest absolute Gasteiger partial charge is 0.375 e. The van der Waals surface area contributed by atoms with Crippen molar-refractivity contribution in [2.75, 3.05) is 0 Å². The predicted molar refractivity (Wildman–Crippen MR) is 24.9 cm³/mol. The minimum Gasteiger partial charge on any atom is -0.375 e. The van der Waals surface area contributed by atoms with E-state index in [2.05, 4.69) is 17.2 Å². The normalized spacial score (nSPS) is 6.71. The maximum Gasteiger partial charge on any atom is 0.247 e. The maximum absolute atomic E-state index is 9.84. The van der Waals surface area contributed by atoms with Gasteiger partial charge in [0.1, 0.15) is 0 Å². The molecule has 7 heavy (non-hydrogen) atoms. The van der Waals surface area contributed by atoms with Crippen LogP contribution < -0.4 is 5.73 Å². The summed E-state index contributed by atoms with van der Waals surface area (Å²) in [4.78, 5) is 12.5. The quantitative estimate of drug-likeness (QED) is 0.359. The molecule has 1 amide bonds. The minimum atomic E-state index is -0.755. The third-order valence-corrected chi connectivity index (χ3v) is 0.419. The zero-order valence-electron chi connectivity index (χ0n) is 3.64. The second-order valence-electron chi connectivity index (χ2n) is 0.923. The van der Waals surface area contributed by atoms with Gasteiger partial charge >= 0.3 is 0 Å². The lowest BCUT2D eigenvalue weighted by Gasteiger charge is -1.79. The number of hydrogen-bond acceptors (Lipinski definition) is 1. The Morgan fingerprint density at radius 1 is 1.86 bits per heavy atom. The van der Waals surface area contributed by atoms with Crippen LogP contribution in [0, 0.1) is 6.57 Å². The number of amides is 1. The molecule has 0 heterocycles. The summed E-state index contributed by atoms with van der Waals surface area (Å²) in [5.41, 5.74) is 4.37. The van der Waals surface area contributed by atoms with Crippen molar-refractivity contribution in [3.05, 3.63) is 23.7 Å². The average molecular weight is 96.1 g/mol. The van der Waals surface area contributed by atoms with Crippen molar-refractivity contribution in [1.29, 1.82) is 0 Å². The highest BCUT2D eigenvalue weighted by atomic mass is 16.1. The molecule has 0 aliphatic rings. The van der Waals surface area contributed by atoms with Crippen molar-refractivity contribution in [3.8, 4) is 0 Å². The summed E-state index contributed by atoms with van der Waals surface area (Å²) in [7, 11) is 0. The summed E-state index contributed by atoms with van der Waals surface area (Å²) in [6.45, 7) is 9.21. The highest BCUT2D eigenvalue weighted by Gasteiger charge is 1.95. The molecule has 3 nitrogen and oxygen atoms in total. The van der Waals surface area contributed by atoms with Crippen LogP contribution in [0.25, 0.3) is 4.85 Å². The van der Waals surface area contributed by atoms with Crippen LogP contribution in [0.3, 0.4) is 0 Å². The smallest absolute Gasteiger partial charge is 0.247 e. The van der Waals surface area contributed by atoms with E-state index in [1.807, 2.05) is 0 Å². The first-order valence-corrected chi connectivity index (χ1v) is 1.54. The molecule has 0 fully saturated rings. The van der Waals surface area contributed by atoms with E-state index >= 15 is 0 Å². The van der Waals surface area contributed by atoms with Crippen LogP contribution in [0.5, 0.6) is 0 Å². The van der Waals surface area contributed by atoms with E-state index in [1.165, 1.54) is 0 Å². The zero-order valence-corrected chi connectivity index (χ0v) is 3.64. The SMILES string of the molecule is [C-]#[N+]C(=C)C(N)=O. The van der Waals surface area contributed by atoms with E-state index in [0.717, 1.165) is 0 Å². The second kappa shape index (κ2) is 1.98. The summed E-state index contributed by atoms with van der Waals surface area (Å²) >= 11 is 0. The molecular weight excluding hydrogens is 92.1 g/mol. The third kappa shape index (κ3) is 1.55. The Balaban J connectivity index is 3.90. The Hall–Kier alpha value is -1.30. The molecule has 0 aliphatic heterocycles. The van der Waals surface area contributed by atoms with Crippen molar-refractivity contribution in [2.24, 2.45) is 5.73 Å². The van der Waals surface area contributed by atoms with E-state index < -0.39 is 5.91 Å². The first-order valence-electron chi connectivity index (χ1n) is 1.54. The molecule has 0 aromatic carbocycles. The summed E-state index contributed by atoms with van der Waals surface area (Å²) in [6, 6.07) is 0. The monoisotopic (exact) mass is 96.0 g/mol. The minimum absolute atomic E-state index is 0.222. The Morgan fingerprint density at radius 2 is 2.29 bits per heavy atom. The molecule has 0 spiro atoms. The Bertz CT molecular complexity index is 142. The molecule has 3 heteroatoms. The fraction of sp³-hybridized carbons (Fsp3) is 0. The van der Waals surface area contributed by atoms with Gasteiger partial charge in [-0.05, 0) is 0 Å². The summed E-state index contributed by atoms with van der Waals surface area (Å²) in [5, 5.41) is 0. The topological polar surface area (TPSA) is 47.5 Å². The molecule has 0 unspecified atom stereocenters. The lowest BCUT2D eigenvalue weighted by atomic mass is 10.5. The first kappa shape index (κ1) is 5.70. The molecule has 0 radical (unpaired) electrons. The van der Waals surface area contributed by atoms with E-state index in [0.29, 0.717) is 0 Å². The summed E-state index contributed by atoms with van der Waals surface area (Å²) in [5.74, 6) is -0.755. The molecule has 0 atom stereocenters. The summed E-state index contributed by atoms with van der Waals surface area (Å²) < 4.78 is 0. The van der Waals surface area contributed by atoms with Crippen molar-refractivity contribution in [2.45, 2.75) is 0 Å². The summed E-state index contributed by atoms with van der Waals surface area (Å²) in [6.07, 6.45) is 0. The molecule has 0 bridgehead atoms. The second-order valence-corrected chi connectivity index (χ2v) is 0.923. The van der Waals surface area contributed by atoms with Gasteiger partial charge in [0.25, 0.3) is 0 Å². The Kier molecular flexibility index (Phi) is 1.61. The van der Waals surface area contributed by atoms with Crippen LogP contribution in [0.4, 0.5) is 0 Å². The van der Waals surface area contributed by atoms with E-state index in [4.69, 9.17) is 6.57 Å². The molecule has 0 saturated heterocycles. The zero-order chi connectivity index (χ0) is 5.86. The van der Waals surface area contributed by atoms with Crippen LogP contribution in [-0.4, -0.2) is 5.91 Å². The number of hydrogen-bond donors (Lipinski definition) is 1. The molecule has 0 rings (SSSR count). The van der Waals surface area contributed by atoms with E-state index in [1.54, 1.807) is 0 Å². The number of primary amides is 1. The van der Waals surface area contributed by atoms with E-state index in [-0.39, 0.29) is 5.70 Å². The lowest BCUT2D eigenvalue weighted by Crippen LogP contribution is -2.10. The highest BCUT2D eigenvalue weighted by molar-refractivity contribution is 5.92. The van der Waals surface area contributed by atoms with Gasteiger partial charge in [-0.15, -0.1) is 0 Å².